The average Bonchev–Trinajstić information content (AvgIpc) is 2.23. The molecule has 1 aliphatic heterocycles. The van der Waals surface area contributed by atoms with Crippen molar-refractivity contribution >= 4 is 17.9 Å². The Morgan fingerprint density at radius 3 is 2.54 bits per heavy atom. The smallest absolute Gasteiger partial charge is 0.346 e. The van der Waals surface area contributed by atoms with Crippen LogP contribution >= 0.6 is 0 Å². The number of cyclic esters (lactones) is 2. The summed E-state index contributed by atoms with van der Waals surface area (Å²) in [5.74, 6) is -3.02. The lowest BCUT2D eigenvalue weighted by Gasteiger charge is -2.14. The average molecular weight is 188 g/mol. The maximum absolute atomic E-state index is 10.8. The topological polar surface area (TPSA) is 101 Å². The molecule has 0 spiro atoms. The highest BCUT2D eigenvalue weighted by atomic mass is 16.6. The molecule has 0 aliphatic carbocycles. The summed E-state index contributed by atoms with van der Waals surface area (Å²) >= 11 is 0. The van der Waals surface area contributed by atoms with Gasteiger partial charge in [-0.2, -0.15) is 0 Å². The van der Waals surface area contributed by atoms with Crippen LogP contribution in [0.3, 0.4) is 0 Å². The zero-order valence-corrected chi connectivity index (χ0v) is 6.65. The molecule has 1 aliphatic rings. The maximum Gasteiger partial charge on any atom is 0.346 e. The molecule has 0 amide bonds. The molecule has 6 nitrogen and oxygen atoms in total. The number of rotatable bonds is 3. The van der Waals surface area contributed by atoms with Gasteiger partial charge in [-0.3, -0.25) is 9.59 Å². The van der Waals surface area contributed by atoms with Crippen molar-refractivity contribution in [3.8, 4) is 0 Å². The molecule has 1 saturated heterocycles. The Morgan fingerprint density at radius 2 is 2.15 bits per heavy atom. The number of esters is 2. The van der Waals surface area contributed by atoms with Crippen molar-refractivity contribution in [3.05, 3.63) is 0 Å². The molecule has 0 radical (unpaired) electrons. The number of carboxylic acids is 1. The number of hydrogen-bond acceptors (Lipinski definition) is 5. The van der Waals surface area contributed by atoms with E-state index in [-0.39, 0.29) is 12.8 Å². The third-order valence-electron chi connectivity index (χ3n) is 1.78. The lowest BCUT2D eigenvalue weighted by molar-refractivity contribution is -0.159. The Morgan fingerprint density at radius 1 is 1.54 bits per heavy atom. The Hall–Kier alpha value is -1.43. The second-order valence-corrected chi connectivity index (χ2v) is 2.86. The summed E-state index contributed by atoms with van der Waals surface area (Å²) in [4.78, 5) is 31.5. The van der Waals surface area contributed by atoms with Gasteiger partial charge in [0.2, 0.25) is 0 Å². The fourth-order valence-electron chi connectivity index (χ4n) is 1.05. The maximum atomic E-state index is 10.8. The summed E-state index contributed by atoms with van der Waals surface area (Å²) in [5, 5.41) is 17.7. The predicted molar refractivity (Wildman–Crippen MR) is 37.5 cm³/mol. The van der Waals surface area contributed by atoms with Crippen molar-refractivity contribution in [2.75, 3.05) is 0 Å². The van der Waals surface area contributed by atoms with Crippen LogP contribution in [-0.4, -0.2) is 33.7 Å². The van der Waals surface area contributed by atoms with Crippen LogP contribution in [0.2, 0.25) is 0 Å². The van der Waals surface area contributed by atoms with Crippen LogP contribution in [0, 0.1) is 0 Å². The molecule has 1 rings (SSSR count). The third kappa shape index (κ3) is 2.03. The number of carboxylic acid groups (broad SMARTS) is 1. The van der Waals surface area contributed by atoms with E-state index in [0.717, 1.165) is 0 Å². The molecule has 0 aromatic heterocycles. The van der Waals surface area contributed by atoms with Crippen LogP contribution in [0.1, 0.15) is 19.3 Å². The summed E-state index contributed by atoms with van der Waals surface area (Å²) in [5.41, 5.74) is -1.94. The van der Waals surface area contributed by atoms with Crippen LogP contribution in [0.4, 0.5) is 0 Å². The van der Waals surface area contributed by atoms with Gasteiger partial charge in [-0.25, -0.2) is 4.79 Å². The quantitative estimate of drug-likeness (QED) is 0.437. The first-order valence-corrected chi connectivity index (χ1v) is 3.63. The lowest BCUT2D eigenvalue weighted by atomic mass is 9.96. The first kappa shape index (κ1) is 9.66. The third-order valence-corrected chi connectivity index (χ3v) is 1.78. The molecule has 6 heteroatoms. The minimum absolute atomic E-state index is 0.299. The molecule has 0 bridgehead atoms. The standard InChI is InChI=1S/C7H8O6/c8-4(9)1-2-7(12)3-5(10)13-6(7)11/h12H,1-3H2,(H,8,9). The van der Waals surface area contributed by atoms with Crippen molar-refractivity contribution in [1.82, 2.24) is 0 Å². The normalized spacial score (nSPS) is 27.5. The monoisotopic (exact) mass is 188 g/mol. The van der Waals surface area contributed by atoms with Gasteiger partial charge >= 0.3 is 17.9 Å². The summed E-state index contributed by atoms with van der Waals surface area (Å²) in [6.07, 6.45) is -1.13. The van der Waals surface area contributed by atoms with Crippen LogP contribution in [0.5, 0.6) is 0 Å². The van der Waals surface area contributed by atoms with E-state index >= 15 is 0 Å². The molecule has 0 aromatic carbocycles. The Labute approximate surface area is 73.1 Å². The highest BCUT2D eigenvalue weighted by molar-refractivity contribution is 5.99. The number of aliphatic hydroxyl groups is 1. The minimum Gasteiger partial charge on any atom is -0.481 e. The number of aliphatic carboxylic acids is 1. The minimum atomic E-state index is -1.94. The highest BCUT2D eigenvalue weighted by Crippen LogP contribution is 2.25. The van der Waals surface area contributed by atoms with Gasteiger partial charge in [0.25, 0.3) is 0 Å². The molecule has 13 heavy (non-hydrogen) atoms. The van der Waals surface area contributed by atoms with Crippen molar-refractivity contribution in [2.45, 2.75) is 24.9 Å². The second-order valence-electron chi connectivity index (χ2n) is 2.86. The lowest BCUT2D eigenvalue weighted by Crippen LogP contribution is -2.34. The van der Waals surface area contributed by atoms with Gasteiger partial charge in [0, 0.05) is 6.42 Å². The van der Waals surface area contributed by atoms with E-state index in [1.54, 1.807) is 0 Å². The second kappa shape index (κ2) is 3.14. The van der Waals surface area contributed by atoms with Crippen molar-refractivity contribution in [3.63, 3.8) is 0 Å². The predicted octanol–water partition coefficient (Wildman–Crippen LogP) is -0.944. The molecular weight excluding hydrogens is 180 g/mol. The summed E-state index contributed by atoms with van der Waals surface area (Å²) < 4.78 is 4.09. The summed E-state index contributed by atoms with van der Waals surface area (Å²) in [6, 6.07) is 0. The number of ether oxygens (including phenoxy) is 1. The van der Waals surface area contributed by atoms with E-state index in [4.69, 9.17) is 5.11 Å². The van der Waals surface area contributed by atoms with Gasteiger partial charge in [0.15, 0.2) is 5.60 Å². The van der Waals surface area contributed by atoms with E-state index in [0.29, 0.717) is 0 Å². The molecule has 0 saturated carbocycles. The zero-order chi connectivity index (χ0) is 10.1. The van der Waals surface area contributed by atoms with Crippen molar-refractivity contribution in [1.29, 1.82) is 0 Å². The number of hydrogen-bond donors (Lipinski definition) is 2. The number of carbonyl (C=O) groups is 3. The van der Waals surface area contributed by atoms with Gasteiger partial charge < -0.3 is 14.9 Å². The van der Waals surface area contributed by atoms with E-state index in [1.165, 1.54) is 0 Å². The van der Waals surface area contributed by atoms with Gasteiger partial charge in [-0.15, -0.1) is 0 Å². The zero-order valence-electron chi connectivity index (χ0n) is 6.65. The Balaban J connectivity index is 2.60. The largest absolute Gasteiger partial charge is 0.481 e. The Kier molecular flexibility index (Phi) is 2.33. The molecule has 1 atom stereocenters. The summed E-state index contributed by atoms with van der Waals surface area (Å²) in [6.45, 7) is 0. The molecular formula is C7H8O6. The van der Waals surface area contributed by atoms with E-state index in [9.17, 15) is 19.5 Å². The van der Waals surface area contributed by atoms with Crippen molar-refractivity contribution < 1.29 is 29.3 Å². The molecule has 1 unspecified atom stereocenters. The SMILES string of the molecule is O=C(O)CCC1(O)CC(=O)OC1=O. The van der Waals surface area contributed by atoms with Crippen LogP contribution in [0.15, 0.2) is 0 Å². The Bertz CT molecular complexity index is 270. The van der Waals surface area contributed by atoms with Crippen LogP contribution in [0.25, 0.3) is 0 Å². The van der Waals surface area contributed by atoms with E-state index in [2.05, 4.69) is 4.74 Å². The van der Waals surface area contributed by atoms with E-state index in [1.807, 2.05) is 0 Å². The first-order valence-electron chi connectivity index (χ1n) is 3.63. The fraction of sp³-hybridized carbons (Fsp3) is 0.571. The number of carbonyl (C=O) groups excluding carboxylic acids is 2. The van der Waals surface area contributed by atoms with E-state index < -0.39 is 29.9 Å². The van der Waals surface area contributed by atoms with Gasteiger partial charge in [0.05, 0.1) is 6.42 Å². The van der Waals surface area contributed by atoms with Gasteiger partial charge in [-0.1, -0.05) is 0 Å². The van der Waals surface area contributed by atoms with Crippen molar-refractivity contribution in [2.24, 2.45) is 0 Å². The summed E-state index contributed by atoms with van der Waals surface area (Å²) in [7, 11) is 0. The van der Waals surface area contributed by atoms with Gasteiger partial charge in [0.1, 0.15) is 0 Å². The molecule has 1 fully saturated rings. The van der Waals surface area contributed by atoms with Crippen LogP contribution < -0.4 is 0 Å². The van der Waals surface area contributed by atoms with Gasteiger partial charge in [-0.05, 0) is 6.42 Å². The first-order chi connectivity index (χ1) is 5.94. The molecule has 2 N–H and O–H groups in total. The van der Waals surface area contributed by atoms with Crippen LogP contribution in [-0.2, 0) is 19.1 Å². The molecule has 72 valence electrons. The molecule has 1 heterocycles. The fourth-order valence-corrected chi connectivity index (χ4v) is 1.05. The molecule has 0 aromatic rings. The highest BCUT2D eigenvalue weighted by Gasteiger charge is 2.47.